The molecule has 0 aliphatic carbocycles. The fraction of sp³-hybridized carbons (Fsp3) is 0.231. The van der Waals surface area contributed by atoms with E-state index in [4.69, 9.17) is 0 Å². The molecule has 2 rings (SSSR count). The Morgan fingerprint density at radius 3 is 2.63 bits per heavy atom. The van der Waals surface area contributed by atoms with Gasteiger partial charge in [0.05, 0.1) is 4.90 Å². The number of nitrogens with zero attached hydrogens (tertiary/aromatic N) is 1. The van der Waals surface area contributed by atoms with Crippen LogP contribution in [0.5, 0.6) is 0 Å². The Hall–Kier alpha value is -0.690. The molecule has 0 aliphatic heterocycles. The molecule has 0 saturated carbocycles. The van der Waals surface area contributed by atoms with E-state index in [2.05, 4.69) is 15.9 Å². The summed E-state index contributed by atoms with van der Waals surface area (Å²) in [5.41, 5.74) is 1.13. The second-order valence-electron chi connectivity index (χ2n) is 4.25. The standard InChI is InChI=1S/C13H14BrNO2S2/c1-10-6-7-18-13(10)9-15(2)19(16,17)12-5-3-4-11(14)8-12/h3-8H,9H2,1-2H3. The summed E-state index contributed by atoms with van der Waals surface area (Å²) in [5.74, 6) is 0. The minimum atomic E-state index is -3.44. The molecule has 3 nitrogen and oxygen atoms in total. The summed E-state index contributed by atoms with van der Waals surface area (Å²) in [7, 11) is -1.84. The van der Waals surface area contributed by atoms with Gasteiger partial charge in [-0.2, -0.15) is 4.31 Å². The molecule has 0 spiro atoms. The minimum absolute atomic E-state index is 0.304. The molecule has 6 heteroatoms. The van der Waals surface area contributed by atoms with Crippen LogP contribution in [0, 0.1) is 6.92 Å². The molecule has 2 aromatic rings. The Balaban J connectivity index is 2.27. The van der Waals surface area contributed by atoms with Crippen LogP contribution in [0.15, 0.2) is 45.1 Å². The quantitative estimate of drug-likeness (QED) is 0.835. The van der Waals surface area contributed by atoms with Gasteiger partial charge in [0, 0.05) is 22.9 Å². The van der Waals surface area contributed by atoms with Gasteiger partial charge < -0.3 is 0 Å². The minimum Gasteiger partial charge on any atom is -0.207 e. The fourth-order valence-electron chi connectivity index (χ4n) is 1.66. The Labute approximate surface area is 126 Å². The Kier molecular flexibility index (Phi) is 4.45. The number of thiophene rings is 1. The van der Waals surface area contributed by atoms with Crippen LogP contribution in [0.1, 0.15) is 10.4 Å². The topological polar surface area (TPSA) is 37.4 Å². The predicted molar refractivity (Wildman–Crippen MR) is 81.9 cm³/mol. The summed E-state index contributed by atoms with van der Waals surface area (Å²) in [4.78, 5) is 1.37. The number of sulfonamides is 1. The summed E-state index contributed by atoms with van der Waals surface area (Å²) in [6.45, 7) is 2.39. The van der Waals surface area contributed by atoms with Gasteiger partial charge in [-0.3, -0.25) is 0 Å². The molecule has 1 aromatic heterocycles. The summed E-state index contributed by atoms with van der Waals surface area (Å²) in [6.07, 6.45) is 0. The smallest absolute Gasteiger partial charge is 0.207 e. The molecule has 0 N–H and O–H groups in total. The van der Waals surface area contributed by atoms with E-state index in [-0.39, 0.29) is 0 Å². The number of hydrogen-bond acceptors (Lipinski definition) is 3. The lowest BCUT2D eigenvalue weighted by atomic mass is 10.3. The average molecular weight is 360 g/mol. The van der Waals surface area contributed by atoms with Crippen molar-refractivity contribution in [2.75, 3.05) is 7.05 Å². The zero-order valence-electron chi connectivity index (χ0n) is 10.6. The van der Waals surface area contributed by atoms with E-state index in [1.165, 1.54) is 4.31 Å². The van der Waals surface area contributed by atoms with E-state index in [0.717, 1.165) is 14.9 Å². The molecule has 0 amide bonds. The molecule has 0 atom stereocenters. The molecule has 102 valence electrons. The maximum absolute atomic E-state index is 12.4. The van der Waals surface area contributed by atoms with Gasteiger partial charge in [0.25, 0.3) is 0 Å². The van der Waals surface area contributed by atoms with Gasteiger partial charge in [0.1, 0.15) is 0 Å². The lowest BCUT2D eigenvalue weighted by Crippen LogP contribution is -2.26. The first-order chi connectivity index (χ1) is 8.91. The average Bonchev–Trinajstić information content (AvgIpc) is 2.75. The van der Waals surface area contributed by atoms with Crippen LogP contribution in [-0.4, -0.2) is 19.8 Å². The van der Waals surface area contributed by atoms with Crippen LogP contribution in [-0.2, 0) is 16.6 Å². The molecule has 1 heterocycles. The molecule has 0 bridgehead atoms. The number of halogens is 1. The van der Waals surface area contributed by atoms with Crippen molar-refractivity contribution in [1.29, 1.82) is 0 Å². The Morgan fingerprint density at radius 1 is 1.32 bits per heavy atom. The third-order valence-corrected chi connectivity index (χ3v) is 6.14. The van der Waals surface area contributed by atoms with Crippen LogP contribution < -0.4 is 0 Å². The fourth-order valence-corrected chi connectivity index (χ4v) is 4.44. The molecule has 0 unspecified atom stereocenters. The van der Waals surface area contributed by atoms with E-state index in [1.807, 2.05) is 24.4 Å². The van der Waals surface area contributed by atoms with Crippen LogP contribution in [0.2, 0.25) is 0 Å². The van der Waals surface area contributed by atoms with Crippen molar-refractivity contribution in [2.24, 2.45) is 0 Å². The summed E-state index contributed by atoms with van der Waals surface area (Å²) in [5, 5.41) is 1.98. The van der Waals surface area contributed by atoms with E-state index in [9.17, 15) is 8.42 Å². The number of rotatable bonds is 4. The molecule has 19 heavy (non-hydrogen) atoms. The molecular formula is C13H14BrNO2S2. The van der Waals surface area contributed by atoms with E-state index < -0.39 is 10.0 Å². The van der Waals surface area contributed by atoms with Gasteiger partial charge in [0.2, 0.25) is 10.0 Å². The Morgan fingerprint density at radius 2 is 2.05 bits per heavy atom. The number of aryl methyl sites for hydroxylation is 1. The highest BCUT2D eigenvalue weighted by molar-refractivity contribution is 9.10. The highest BCUT2D eigenvalue weighted by atomic mass is 79.9. The first kappa shape index (κ1) is 14.7. The highest BCUT2D eigenvalue weighted by Gasteiger charge is 2.21. The van der Waals surface area contributed by atoms with E-state index >= 15 is 0 Å². The summed E-state index contributed by atoms with van der Waals surface area (Å²) < 4.78 is 27.0. The van der Waals surface area contributed by atoms with Crippen LogP contribution in [0.4, 0.5) is 0 Å². The summed E-state index contributed by atoms with van der Waals surface area (Å²) >= 11 is 4.87. The van der Waals surface area contributed by atoms with E-state index in [0.29, 0.717) is 11.4 Å². The molecule has 0 radical (unpaired) electrons. The van der Waals surface area contributed by atoms with Crippen molar-refractivity contribution >= 4 is 37.3 Å². The monoisotopic (exact) mass is 359 g/mol. The lowest BCUT2D eigenvalue weighted by molar-refractivity contribution is 0.469. The second-order valence-corrected chi connectivity index (χ2v) is 8.21. The zero-order chi connectivity index (χ0) is 14.0. The molecule has 0 fully saturated rings. The van der Waals surface area contributed by atoms with E-state index in [1.54, 1.807) is 36.6 Å². The van der Waals surface area contributed by atoms with Crippen molar-refractivity contribution in [2.45, 2.75) is 18.4 Å². The van der Waals surface area contributed by atoms with Gasteiger partial charge >= 0.3 is 0 Å². The maximum Gasteiger partial charge on any atom is 0.243 e. The third-order valence-electron chi connectivity index (χ3n) is 2.84. The highest BCUT2D eigenvalue weighted by Crippen LogP contribution is 2.23. The SMILES string of the molecule is Cc1ccsc1CN(C)S(=O)(=O)c1cccc(Br)c1. The third kappa shape index (κ3) is 3.25. The van der Waals surface area contributed by atoms with Crippen LogP contribution in [0.3, 0.4) is 0 Å². The van der Waals surface area contributed by atoms with Gasteiger partial charge in [-0.25, -0.2) is 8.42 Å². The van der Waals surface area contributed by atoms with Gasteiger partial charge in [-0.1, -0.05) is 22.0 Å². The lowest BCUT2D eigenvalue weighted by Gasteiger charge is -2.17. The van der Waals surface area contributed by atoms with Crippen LogP contribution >= 0.6 is 27.3 Å². The molecule has 0 aliphatic rings. The predicted octanol–water partition coefficient (Wildman–Crippen LogP) is 3.64. The molecular weight excluding hydrogens is 346 g/mol. The Bertz CT molecular complexity index is 679. The first-order valence-electron chi connectivity index (χ1n) is 5.66. The van der Waals surface area contributed by atoms with Crippen molar-refractivity contribution < 1.29 is 8.42 Å². The maximum atomic E-state index is 12.4. The summed E-state index contributed by atoms with van der Waals surface area (Å²) in [6, 6.07) is 8.76. The van der Waals surface area contributed by atoms with Crippen molar-refractivity contribution in [1.82, 2.24) is 4.31 Å². The van der Waals surface area contributed by atoms with Crippen LogP contribution in [0.25, 0.3) is 0 Å². The van der Waals surface area contributed by atoms with Crippen molar-refractivity contribution in [3.63, 3.8) is 0 Å². The normalized spacial score (nSPS) is 12.0. The largest absolute Gasteiger partial charge is 0.243 e. The number of benzene rings is 1. The molecule has 1 aromatic carbocycles. The number of hydrogen-bond donors (Lipinski definition) is 0. The zero-order valence-corrected chi connectivity index (χ0v) is 13.8. The molecule has 0 saturated heterocycles. The van der Waals surface area contributed by atoms with Gasteiger partial charge in [0.15, 0.2) is 0 Å². The van der Waals surface area contributed by atoms with Crippen molar-refractivity contribution in [3.05, 3.63) is 50.6 Å². The van der Waals surface area contributed by atoms with Crippen molar-refractivity contribution in [3.8, 4) is 0 Å². The second kappa shape index (κ2) is 5.75. The van der Waals surface area contributed by atoms with Gasteiger partial charge in [-0.05, 0) is 42.1 Å². The first-order valence-corrected chi connectivity index (χ1v) is 8.77. The van der Waals surface area contributed by atoms with Gasteiger partial charge in [-0.15, -0.1) is 11.3 Å².